The molecule has 3 aromatic carbocycles. The highest BCUT2D eigenvalue weighted by atomic mass is 32.2. The third kappa shape index (κ3) is 9.16. The van der Waals surface area contributed by atoms with Gasteiger partial charge in [0.1, 0.15) is 6.04 Å². The largest absolute Gasteiger partial charge is 0.411 e. The fourth-order valence-corrected chi connectivity index (χ4v) is 8.23. The number of hydrogen-bond acceptors (Lipinski definition) is 8. The number of aromatic amines is 1. The van der Waals surface area contributed by atoms with Crippen LogP contribution >= 0.6 is 0 Å². The molecular weight excluding hydrogens is 683 g/mol. The minimum absolute atomic E-state index is 0.0255. The number of fused-ring (bicyclic) bond motifs is 1. The Balaban J connectivity index is 1.37. The molecule has 0 radical (unpaired) electrons. The van der Waals surface area contributed by atoms with Crippen molar-refractivity contribution in [1.29, 1.82) is 0 Å². The molecule has 1 aliphatic heterocycles. The fraction of sp³-hybridized carbons (Fsp3) is 0.421. The summed E-state index contributed by atoms with van der Waals surface area (Å²) in [6.07, 6.45) is 2.41. The average Bonchev–Trinajstić information content (AvgIpc) is 3.74. The van der Waals surface area contributed by atoms with Crippen LogP contribution in [0.4, 0.5) is 4.79 Å². The van der Waals surface area contributed by atoms with Gasteiger partial charge in [0.25, 0.3) is 0 Å². The number of sulfonamides is 1. The Morgan fingerprint density at radius 3 is 2.44 bits per heavy atom. The molecule has 0 spiro atoms. The van der Waals surface area contributed by atoms with Gasteiger partial charge in [0, 0.05) is 32.7 Å². The second-order valence-corrected chi connectivity index (χ2v) is 15.8. The molecule has 13 nitrogen and oxygen atoms in total. The summed E-state index contributed by atoms with van der Waals surface area (Å²) in [4.78, 5) is 38.9. The maximum absolute atomic E-state index is 14.3. The van der Waals surface area contributed by atoms with Gasteiger partial charge < -0.3 is 30.4 Å². The molecule has 0 unspecified atom stereocenters. The lowest BCUT2D eigenvalue weighted by atomic mass is 9.95. The summed E-state index contributed by atoms with van der Waals surface area (Å²) >= 11 is 0. The first-order valence-electron chi connectivity index (χ1n) is 17.7. The quantitative estimate of drug-likeness (QED) is 0.0706. The van der Waals surface area contributed by atoms with Crippen LogP contribution in [0.2, 0.25) is 0 Å². The Bertz CT molecular complexity index is 1930. The van der Waals surface area contributed by atoms with Crippen LogP contribution in [0.1, 0.15) is 50.8 Å². The second-order valence-electron chi connectivity index (χ2n) is 13.9. The first-order chi connectivity index (χ1) is 24.9. The lowest BCUT2D eigenvalue weighted by Gasteiger charge is -2.35. The van der Waals surface area contributed by atoms with Crippen molar-refractivity contribution in [3.63, 3.8) is 0 Å². The van der Waals surface area contributed by atoms with E-state index in [1.165, 1.54) is 34.8 Å². The SMILES string of the molecule is CC[C@H](C)[C@@H](C(=O)N[C@@H](Cc1ccccc1)[C@H](O)CN(CC(C)C)S(=O)(=O)c1ccc(/C=N/O)cc1)N1CCN(Cc2ccc3nc[nH]c3c2)C1=O. The van der Waals surface area contributed by atoms with E-state index in [-0.39, 0.29) is 42.3 Å². The smallest absolute Gasteiger partial charge is 0.321 e. The molecule has 4 atom stereocenters. The summed E-state index contributed by atoms with van der Waals surface area (Å²) in [6.45, 7) is 8.74. The maximum atomic E-state index is 14.3. The average molecular weight is 732 g/mol. The fourth-order valence-electron chi connectivity index (χ4n) is 6.61. The predicted octanol–water partition coefficient (Wildman–Crippen LogP) is 4.46. The first-order valence-corrected chi connectivity index (χ1v) is 19.1. The van der Waals surface area contributed by atoms with E-state index in [0.29, 0.717) is 31.6 Å². The zero-order valence-electron chi connectivity index (χ0n) is 30.1. The van der Waals surface area contributed by atoms with Crippen LogP contribution in [0.15, 0.2) is 89.2 Å². The standard InChI is InChI=1S/C38H49N7O6S/c1-5-27(4)36(45-18-17-43(38(45)48)23-30-13-16-32-33(20-30)40-25-39-32)37(47)42-34(19-28-9-7-6-8-10-28)35(46)24-44(22-26(2)3)52(50,51)31-14-11-29(12-15-31)21-41-49/h6-16,20-21,25-27,34-36,46,49H,5,17-19,22-24H2,1-4H3,(H,39,40)(H,42,47)/b41-21+/t27-,34-,35+,36-/m0/s1. The topological polar surface area (TPSA) is 172 Å². The number of oxime groups is 1. The van der Waals surface area contributed by atoms with E-state index >= 15 is 0 Å². The molecule has 1 saturated heterocycles. The minimum atomic E-state index is -4.06. The molecular formula is C38H49N7O6S. The van der Waals surface area contributed by atoms with Crippen molar-refractivity contribution in [2.24, 2.45) is 17.0 Å². The number of nitrogens with one attached hydrogen (secondary N) is 2. The third-order valence-electron chi connectivity index (χ3n) is 9.55. The molecule has 5 rings (SSSR count). The molecule has 2 heterocycles. The van der Waals surface area contributed by atoms with Gasteiger partial charge in [-0.15, -0.1) is 0 Å². The zero-order chi connectivity index (χ0) is 37.4. The van der Waals surface area contributed by atoms with Crippen molar-refractivity contribution in [3.05, 3.63) is 95.8 Å². The predicted molar refractivity (Wildman–Crippen MR) is 199 cm³/mol. The van der Waals surface area contributed by atoms with Crippen LogP contribution in [0.3, 0.4) is 0 Å². The van der Waals surface area contributed by atoms with Crippen molar-refractivity contribution in [3.8, 4) is 0 Å². The summed E-state index contributed by atoms with van der Waals surface area (Å²) in [5.74, 6) is -0.663. The number of nitrogens with zero attached hydrogens (tertiary/aromatic N) is 5. The molecule has 1 aromatic heterocycles. The minimum Gasteiger partial charge on any atom is -0.411 e. The number of hydrogen-bond donors (Lipinski definition) is 4. The van der Waals surface area contributed by atoms with Crippen molar-refractivity contribution >= 4 is 39.2 Å². The number of rotatable bonds is 17. The molecule has 0 aliphatic carbocycles. The van der Waals surface area contributed by atoms with Gasteiger partial charge in [0.2, 0.25) is 15.9 Å². The van der Waals surface area contributed by atoms with E-state index in [2.05, 4.69) is 20.4 Å². The highest BCUT2D eigenvalue weighted by Crippen LogP contribution is 2.25. The van der Waals surface area contributed by atoms with E-state index in [9.17, 15) is 23.1 Å². The van der Waals surface area contributed by atoms with Gasteiger partial charge in [0.15, 0.2) is 0 Å². The number of imidazole rings is 1. The van der Waals surface area contributed by atoms with Crippen molar-refractivity contribution in [2.45, 2.75) is 70.2 Å². The number of H-pyrrole nitrogens is 1. The van der Waals surface area contributed by atoms with Crippen LogP contribution in [0.25, 0.3) is 11.0 Å². The molecule has 1 fully saturated rings. The highest BCUT2D eigenvalue weighted by Gasteiger charge is 2.41. The van der Waals surface area contributed by atoms with E-state index < -0.39 is 34.1 Å². The number of aliphatic hydroxyl groups is 1. The molecule has 4 N–H and O–H groups in total. The Morgan fingerprint density at radius 2 is 1.77 bits per heavy atom. The van der Waals surface area contributed by atoms with Crippen LogP contribution in [0.5, 0.6) is 0 Å². The van der Waals surface area contributed by atoms with Gasteiger partial charge in [-0.1, -0.05) is 87.8 Å². The Kier molecular flexibility index (Phi) is 12.7. The first kappa shape index (κ1) is 38.4. The monoisotopic (exact) mass is 731 g/mol. The normalized spacial score (nSPS) is 16.2. The van der Waals surface area contributed by atoms with Crippen LogP contribution in [0, 0.1) is 11.8 Å². The number of carbonyl (C=O) groups excluding carboxylic acids is 2. The van der Waals surface area contributed by atoms with Gasteiger partial charge in [0.05, 0.1) is 40.6 Å². The number of benzene rings is 3. The van der Waals surface area contributed by atoms with E-state index in [4.69, 9.17) is 5.21 Å². The van der Waals surface area contributed by atoms with Gasteiger partial charge >= 0.3 is 6.03 Å². The summed E-state index contributed by atoms with van der Waals surface area (Å²) < 4.78 is 29.1. The summed E-state index contributed by atoms with van der Waals surface area (Å²) in [5.41, 5.74) is 4.04. The number of urea groups is 1. The van der Waals surface area contributed by atoms with Gasteiger partial charge in [-0.2, -0.15) is 4.31 Å². The number of aliphatic hydroxyl groups excluding tert-OH is 1. The highest BCUT2D eigenvalue weighted by molar-refractivity contribution is 7.89. The Hall–Kier alpha value is -4.79. The molecule has 0 saturated carbocycles. The lowest BCUT2D eigenvalue weighted by Crippen LogP contribution is -2.57. The maximum Gasteiger partial charge on any atom is 0.321 e. The van der Waals surface area contributed by atoms with E-state index in [1.54, 1.807) is 16.1 Å². The lowest BCUT2D eigenvalue weighted by molar-refractivity contribution is -0.128. The molecule has 3 amide bonds. The molecule has 0 bridgehead atoms. The molecule has 14 heteroatoms. The molecule has 4 aromatic rings. The van der Waals surface area contributed by atoms with Crippen LogP contribution in [-0.4, -0.2) is 105 Å². The summed E-state index contributed by atoms with van der Waals surface area (Å²) in [7, 11) is -4.06. The summed E-state index contributed by atoms with van der Waals surface area (Å²) in [6, 6.07) is 19.2. The second kappa shape index (κ2) is 17.2. The van der Waals surface area contributed by atoms with Gasteiger partial charge in [-0.05, 0) is 59.2 Å². The van der Waals surface area contributed by atoms with Crippen LogP contribution < -0.4 is 5.32 Å². The number of aromatic nitrogens is 2. The molecule has 52 heavy (non-hydrogen) atoms. The third-order valence-corrected chi connectivity index (χ3v) is 11.4. The Morgan fingerprint density at radius 1 is 1.04 bits per heavy atom. The van der Waals surface area contributed by atoms with Gasteiger partial charge in [-0.25, -0.2) is 18.2 Å². The Labute approximate surface area is 305 Å². The van der Waals surface area contributed by atoms with E-state index in [1.807, 2.05) is 76.2 Å². The molecule has 1 aliphatic rings. The zero-order valence-corrected chi connectivity index (χ0v) is 30.9. The number of amides is 3. The van der Waals surface area contributed by atoms with Crippen molar-refractivity contribution in [2.75, 3.05) is 26.2 Å². The van der Waals surface area contributed by atoms with Crippen LogP contribution in [-0.2, 0) is 27.8 Å². The van der Waals surface area contributed by atoms with E-state index in [0.717, 1.165) is 22.2 Å². The van der Waals surface area contributed by atoms with Gasteiger partial charge in [-0.3, -0.25) is 4.79 Å². The van der Waals surface area contributed by atoms with Crippen molar-refractivity contribution in [1.82, 2.24) is 29.4 Å². The van der Waals surface area contributed by atoms with Crippen molar-refractivity contribution < 1.29 is 28.3 Å². The number of carbonyl (C=O) groups is 2. The summed E-state index contributed by atoms with van der Waals surface area (Å²) in [5, 5.41) is 26.7. The molecule has 278 valence electrons.